The molecule has 1 fully saturated rings. The highest BCUT2D eigenvalue weighted by atomic mass is 16.5. The number of anilines is 1. The quantitative estimate of drug-likeness (QED) is 0.897. The zero-order chi connectivity index (χ0) is 16.4. The molecule has 120 valence electrons. The molecule has 8 nitrogen and oxygen atoms in total. The average molecular weight is 316 g/mol. The number of carboxylic acids is 1. The molecule has 1 aliphatic heterocycles. The molecule has 1 aliphatic rings. The standard InChI is InChI=1S/C15H16N4O4/c1-15(13(20)21)6-7-19(8-15)14(22)17-11-4-2-10(3-5-11)12-16-9-23-18-12/h2-5,9H,6-8H2,1H3,(H,17,22)(H,20,21). The predicted molar refractivity (Wildman–Crippen MR) is 80.7 cm³/mol. The van der Waals surface area contributed by atoms with Gasteiger partial charge < -0.3 is 19.8 Å². The monoisotopic (exact) mass is 316 g/mol. The number of hydrogen-bond acceptors (Lipinski definition) is 5. The number of nitrogens with one attached hydrogen (secondary N) is 1. The molecule has 2 N–H and O–H groups in total. The van der Waals surface area contributed by atoms with Crippen LogP contribution in [0.2, 0.25) is 0 Å². The molecule has 0 saturated carbocycles. The minimum absolute atomic E-state index is 0.203. The number of carbonyl (C=O) groups is 2. The van der Waals surface area contributed by atoms with Crippen LogP contribution < -0.4 is 5.32 Å². The van der Waals surface area contributed by atoms with Crippen molar-refractivity contribution < 1.29 is 19.2 Å². The molecule has 1 atom stereocenters. The maximum Gasteiger partial charge on any atom is 0.321 e. The highest BCUT2D eigenvalue weighted by molar-refractivity contribution is 5.90. The van der Waals surface area contributed by atoms with Crippen molar-refractivity contribution in [2.75, 3.05) is 18.4 Å². The Kier molecular flexibility index (Phi) is 3.73. The van der Waals surface area contributed by atoms with Gasteiger partial charge in [-0.2, -0.15) is 4.98 Å². The van der Waals surface area contributed by atoms with Crippen LogP contribution in [0, 0.1) is 5.41 Å². The summed E-state index contributed by atoms with van der Waals surface area (Å²) in [7, 11) is 0. The van der Waals surface area contributed by atoms with E-state index in [4.69, 9.17) is 0 Å². The van der Waals surface area contributed by atoms with Crippen molar-refractivity contribution in [3.05, 3.63) is 30.7 Å². The number of carbonyl (C=O) groups excluding carboxylic acids is 1. The van der Waals surface area contributed by atoms with Crippen molar-refractivity contribution >= 4 is 17.7 Å². The summed E-state index contributed by atoms with van der Waals surface area (Å²) in [5.41, 5.74) is 0.516. The number of nitrogens with zero attached hydrogens (tertiary/aromatic N) is 3. The van der Waals surface area contributed by atoms with Gasteiger partial charge in [-0.15, -0.1) is 0 Å². The van der Waals surface area contributed by atoms with Crippen LogP contribution in [0.4, 0.5) is 10.5 Å². The molecule has 0 bridgehead atoms. The van der Waals surface area contributed by atoms with Crippen LogP contribution in [0.15, 0.2) is 35.2 Å². The summed E-state index contributed by atoms with van der Waals surface area (Å²) < 4.78 is 4.68. The Morgan fingerprint density at radius 3 is 2.65 bits per heavy atom. The summed E-state index contributed by atoms with van der Waals surface area (Å²) >= 11 is 0. The second-order valence-corrected chi connectivity index (χ2v) is 5.80. The minimum Gasteiger partial charge on any atom is -0.481 e. The van der Waals surface area contributed by atoms with Crippen LogP contribution in [0.1, 0.15) is 13.3 Å². The van der Waals surface area contributed by atoms with Gasteiger partial charge in [0.25, 0.3) is 0 Å². The molecule has 2 amide bonds. The first-order valence-corrected chi connectivity index (χ1v) is 7.14. The van der Waals surface area contributed by atoms with Gasteiger partial charge in [0.15, 0.2) is 0 Å². The van der Waals surface area contributed by atoms with E-state index in [2.05, 4.69) is 20.0 Å². The number of likely N-dealkylation sites (tertiary alicyclic amines) is 1. The van der Waals surface area contributed by atoms with Gasteiger partial charge in [-0.25, -0.2) is 4.79 Å². The Bertz CT molecular complexity index is 714. The third-order valence-corrected chi connectivity index (χ3v) is 4.03. The lowest BCUT2D eigenvalue weighted by molar-refractivity contribution is -0.146. The first kappa shape index (κ1) is 15.0. The van der Waals surface area contributed by atoms with Crippen LogP contribution in [0.25, 0.3) is 11.4 Å². The van der Waals surface area contributed by atoms with E-state index in [1.54, 1.807) is 31.2 Å². The van der Waals surface area contributed by atoms with E-state index in [9.17, 15) is 14.7 Å². The number of aliphatic carboxylic acids is 1. The topological polar surface area (TPSA) is 109 Å². The third kappa shape index (κ3) is 3.01. The maximum absolute atomic E-state index is 12.2. The lowest BCUT2D eigenvalue weighted by Crippen LogP contribution is -2.37. The molecule has 2 aromatic rings. The smallest absolute Gasteiger partial charge is 0.321 e. The third-order valence-electron chi connectivity index (χ3n) is 4.03. The van der Waals surface area contributed by atoms with Crippen molar-refractivity contribution in [1.82, 2.24) is 15.0 Å². The molecule has 1 aromatic heterocycles. The van der Waals surface area contributed by atoms with E-state index in [1.807, 2.05) is 0 Å². The van der Waals surface area contributed by atoms with E-state index in [-0.39, 0.29) is 12.6 Å². The van der Waals surface area contributed by atoms with Gasteiger partial charge in [-0.1, -0.05) is 5.16 Å². The fraction of sp³-hybridized carbons (Fsp3) is 0.333. The Morgan fingerprint density at radius 2 is 2.09 bits per heavy atom. The fourth-order valence-electron chi connectivity index (χ4n) is 2.51. The van der Waals surface area contributed by atoms with Gasteiger partial charge in [-0.3, -0.25) is 4.79 Å². The lowest BCUT2D eigenvalue weighted by Gasteiger charge is -2.20. The van der Waals surface area contributed by atoms with Crippen LogP contribution in [-0.2, 0) is 4.79 Å². The number of aromatic nitrogens is 2. The van der Waals surface area contributed by atoms with E-state index in [0.717, 1.165) is 5.56 Å². The molecule has 23 heavy (non-hydrogen) atoms. The van der Waals surface area contributed by atoms with Crippen molar-refractivity contribution in [3.8, 4) is 11.4 Å². The number of urea groups is 1. The summed E-state index contributed by atoms with van der Waals surface area (Å²) in [5, 5.41) is 15.7. The number of benzene rings is 1. The van der Waals surface area contributed by atoms with E-state index in [1.165, 1.54) is 11.3 Å². The lowest BCUT2D eigenvalue weighted by atomic mass is 9.90. The zero-order valence-corrected chi connectivity index (χ0v) is 12.5. The molecule has 2 heterocycles. The molecular formula is C15H16N4O4. The normalized spacial score (nSPS) is 20.5. The number of amides is 2. The summed E-state index contributed by atoms with van der Waals surface area (Å²) in [6, 6.07) is 6.70. The van der Waals surface area contributed by atoms with Gasteiger partial charge in [0.2, 0.25) is 12.2 Å². The Morgan fingerprint density at radius 1 is 1.35 bits per heavy atom. The summed E-state index contributed by atoms with van der Waals surface area (Å²) in [4.78, 5) is 28.9. The van der Waals surface area contributed by atoms with Crippen LogP contribution >= 0.6 is 0 Å². The molecule has 1 aromatic carbocycles. The largest absolute Gasteiger partial charge is 0.481 e. The number of hydrogen-bond donors (Lipinski definition) is 2. The van der Waals surface area contributed by atoms with Crippen LogP contribution in [-0.4, -0.2) is 45.2 Å². The summed E-state index contributed by atoms with van der Waals surface area (Å²) in [6.07, 6.45) is 1.70. The minimum atomic E-state index is -0.878. The molecule has 0 spiro atoms. The fourth-order valence-corrected chi connectivity index (χ4v) is 2.51. The van der Waals surface area contributed by atoms with Crippen molar-refractivity contribution in [1.29, 1.82) is 0 Å². The first-order valence-electron chi connectivity index (χ1n) is 7.14. The Hall–Kier alpha value is -2.90. The van der Waals surface area contributed by atoms with E-state index < -0.39 is 11.4 Å². The highest BCUT2D eigenvalue weighted by Gasteiger charge is 2.42. The second kappa shape index (κ2) is 5.71. The Labute approximate surface area is 132 Å². The van der Waals surface area contributed by atoms with Gasteiger partial charge in [-0.05, 0) is 37.6 Å². The molecule has 0 aliphatic carbocycles. The second-order valence-electron chi connectivity index (χ2n) is 5.80. The Balaban J connectivity index is 1.64. The van der Waals surface area contributed by atoms with Crippen molar-refractivity contribution in [2.24, 2.45) is 5.41 Å². The van der Waals surface area contributed by atoms with Crippen molar-refractivity contribution in [3.63, 3.8) is 0 Å². The molecule has 1 saturated heterocycles. The SMILES string of the molecule is CC1(C(=O)O)CCN(C(=O)Nc2ccc(-c3ncon3)cc2)C1. The summed E-state index contributed by atoms with van der Waals surface area (Å²) in [5.74, 6) is -0.406. The number of carboxylic acid groups (broad SMARTS) is 1. The van der Waals surface area contributed by atoms with E-state index >= 15 is 0 Å². The zero-order valence-electron chi connectivity index (χ0n) is 12.5. The molecule has 1 unspecified atom stereocenters. The first-order chi connectivity index (χ1) is 11.0. The maximum atomic E-state index is 12.2. The average Bonchev–Trinajstić information content (AvgIpc) is 3.18. The molecule has 3 rings (SSSR count). The molecule has 8 heteroatoms. The molecule has 0 radical (unpaired) electrons. The van der Waals surface area contributed by atoms with Gasteiger partial charge in [0, 0.05) is 24.3 Å². The van der Waals surface area contributed by atoms with Crippen LogP contribution in [0.5, 0.6) is 0 Å². The van der Waals surface area contributed by atoms with Crippen LogP contribution in [0.3, 0.4) is 0 Å². The van der Waals surface area contributed by atoms with Gasteiger partial charge in [0.1, 0.15) is 0 Å². The molecular weight excluding hydrogens is 300 g/mol. The predicted octanol–water partition coefficient (Wildman–Crippen LogP) is 2.07. The highest BCUT2D eigenvalue weighted by Crippen LogP contribution is 2.30. The van der Waals surface area contributed by atoms with E-state index in [0.29, 0.717) is 24.5 Å². The van der Waals surface area contributed by atoms with Crippen molar-refractivity contribution in [2.45, 2.75) is 13.3 Å². The van der Waals surface area contributed by atoms with Gasteiger partial charge in [0.05, 0.1) is 5.41 Å². The number of rotatable bonds is 3. The summed E-state index contributed by atoms with van der Waals surface area (Å²) in [6.45, 7) is 2.28. The van der Waals surface area contributed by atoms with Gasteiger partial charge >= 0.3 is 12.0 Å².